The van der Waals surface area contributed by atoms with E-state index in [9.17, 15) is 12.8 Å². The van der Waals surface area contributed by atoms with Crippen molar-refractivity contribution in [3.8, 4) is 0 Å². The van der Waals surface area contributed by atoms with Crippen LogP contribution < -0.4 is 10.5 Å². The van der Waals surface area contributed by atoms with Crippen molar-refractivity contribution in [2.24, 2.45) is 5.73 Å². The highest BCUT2D eigenvalue weighted by Crippen LogP contribution is 2.19. The van der Waals surface area contributed by atoms with Gasteiger partial charge in [-0.25, -0.2) is 12.8 Å². The highest BCUT2D eigenvalue weighted by molar-refractivity contribution is 7.92. The molecule has 0 aliphatic heterocycles. The Morgan fingerprint density at radius 2 is 1.95 bits per heavy atom. The van der Waals surface area contributed by atoms with E-state index in [4.69, 9.17) is 11.1 Å². The minimum Gasteiger partial charge on any atom is -0.384 e. The first-order valence-corrected chi connectivity index (χ1v) is 7.51. The first-order chi connectivity index (χ1) is 9.79. The molecule has 2 rings (SSSR count). The summed E-state index contributed by atoms with van der Waals surface area (Å²) < 4.78 is 40.2. The smallest absolute Gasteiger partial charge is 0.261 e. The van der Waals surface area contributed by atoms with Crippen molar-refractivity contribution in [2.75, 3.05) is 4.72 Å². The fraction of sp³-hybridized carbons (Fsp3) is 0.0714. The Morgan fingerprint density at radius 3 is 2.57 bits per heavy atom. The van der Waals surface area contributed by atoms with Crippen LogP contribution in [0.25, 0.3) is 0 Å². The number of amidine groups is 1. The van der Waals surface area contributed by atoms with Gasteiger partial charge in [0.05, 0.1) is 10.5 Å². The predicted octanol–water partition coefficient (Wildman–Crippen LogP) is 2.22. The Bertz CT molecular complexity index is 804. The van der Waals surface area contributed by atoms with Crippen LogP contribution in [0.1, 0.15) is 11.1 Å². The van der Waals surface area contributed by atoms with E-state index in [0.29, 0.717) is 0 Å². The lowest BCUT2D eigenvalue weighted by molar-refractivity contribution is 0.601. The number of aryl methyl sites for hydroxylation is 1. The first kappa shape index (κ1) is 15.0. The normalized spacial score (nSPS) is 11.1. The van der Waals surface area contributed by atoms with E-state index in [0.717, 1.165) is 11.6 Å². The zero-order valence-corrected chi connectivity index (χ0v) is 12.0. The largest absolute Gasteiger partial charge is 0.384 e. The molecule has 0 aliphatic rings. The van der Waals surface area contributed by atoms with Crippen molar-refractivity contribution < 1.29 is 12.8 Å². The van der Waals surface area contributed by atoms with Crippen LogP contribution >= 0.6 is 0 Å². The highest BCUT2D eigenvalue weighted by atomic mass is 32.2. The molecule has 0 fully saturated rings. The van der Waals surface area contributed by atoms with Gasteiger partial charge < -0.3 is 5.73 Å². The van der Waals surface area contributed by atoms with Gasteiger partial charge in [0.1, 0.15) is 11.7 Å². The van der Waals surface area contributed by atoms with E-state index in [1.54, 1.807) is 19.1 Å². The van der Waals surface area contributed by atoms with E-state index < -0.39 is 21.7 Å². The first-order valence-electron chi connectivity index (χ1n) is 6.03. The standard InChI is InChI=1S/C14H14FN3O2S/c1-9-3-2-4-11(7-9)21(19,20)18-10-5-6-13(15)12(8-10)14(16)17/h2-8,18H,1H3,(H3,16,17). The van der Waals surface area contributed by atoms with Crippen LogP contribution in [0.2, 0.25) is 0 Å². The lowest BCUT2D eigenvalue weighted by Crippen LogP contribution is -2.16. The van der Waals surface area contributed by atoms with Crippen molar-refractivity contribution in [2.45, 2.75) is 11.8 Å². The number of hydrogen-bond donors (Lipinski definition) is 3. The second-order valence-electron chi connectivity index (χ2n) is 4.53. The summed E-state index contributed by atoms with van der Waals surface area (Å²) in [6.07, 6.45) is 0. The van der Waals surface area contributed by atoms with Gasteiger partial charge in [-0.1, -0.05) is 12.1 Å². The van der Waals surface area contributed by atoms with Crippen molar-refractivity contribution >= 4 is 21.5 Å². The zero-order chi connectivity index (χ0) is 15.6. The second kappa shape index (κ2) is 5.53. The monoisotopic (exact) mass is 307 g/mol. The van der Waals surface area contributed by atoms with Crippen LogP contribution in [0.3, 0.4) is 0 Å². The van der Waals surface area contributed by atoms with Crippen LogP contribution in [0.4, 0.5) is 10.1 Å². The molecule has 2 aromatic rings. The zero-order valence-electron chi connectivity index (χ0n) is 11.2. The minimum absolute atomic E-state index is 0.108. The van der Waals surface area contributed by atoms with E-state index in [-0.39, 0.29) is 16.1 Å². The molecule has 0 saturated carbocycles. The van der Waals surface area contributed by atoms with Crippen LogP contribution in [-0.2, 0) is 10.0 Å². The van der Waals surface area contributed by atoms with Crippen molar-refractivity contribution in [1.29, 1.82) is 5.41 Å². The van der Waals surface area contributed by atoms with E-state index >= 15 is 0 Å². The molecule has 0 heterocycles. The van der Waals surface area contributed by atoms with Gasteiger partial charge in [0.25, 0.3) is 10.0 Å². The van der Waals surface area contributed by atoms with Gasteiger partial charge in [0, 0.05) is 5.69 Å². The van der Waals surface area contributed by atoms with Crippen molar-refractivity contribution in [1.82, 2.24) is 0 Å². The van der Waals surface area contributed by atoms with E-state index in [2.05, 4.69) is 4.72 Å². The summed E-state index contributed by atoms with van der Waals surface area (Å²) >= 11 is 0. The van der Waals surface area contributed by atoms with Gasteiger partial charge in [-0.05, 0) is 42.8 Å². The Kier molecular flexibility index (Phi) is 3.95. The number of benzene rings is 2. The maximum Gasteiger partial charge on any atom is 0.261 e. The Hall–Kier alpha value is -2.41. The van der Waals surface area contributed by atoms with Crippen LogP contribution in [0.15, 0.2) is 47.4 Å². The van der Waals surface area contributed by atoms with Gasteiger partial charge in [0.2, 0.25) is 0 Å². The number of nitrogens with one attached hydrogen (secondary N) is 2. The lowest BCUT2D eigenvalue weighted by atomic mass is 10.2. The third-order valence-corrected chi connectivity index (χ3v) is 4.19. The molecule has 0 atom stereocenters. The molecule has 0 saturated heterocycles. The molecule has 0 aromatic heterocycles. The van der Waals surface area contributed by atoms with E-state index in [1.165, 1.54) is 24.3 Å². The van der Waals surface area contributed by atoms with Gasteiger partial charge in [-0.15, -0.1) is 0 Å². The average Bonchev–Trinajstić information content (AvgIpc) is 2.40. The van der Waals surface area contributed by atoms with E-state index in [1.807, 2.05) is 0 Å². The minimum atomic E-state index is -3.77. The van der Waals surface area contributed by atoms with Crippen molar-refractivity contribution in [3.63, 3.8) is 0 Å². The quantitative estimate of drug-likeness (QED) is 0.597. The SMILES string of the molecule is Cc1cccc(S(=O)(=O)Nc2ccc(F)c(C(=N)N)c2)c1. The summed E-state index contributed by atoms with van der Waals surface area (Å²) in [6, 6.07) is 9.92. The number of sulfonamides is 1. The number of nitrogens with two attached hydrogens (primary N) is 1. The highest BCUT2D eigenvalue weighted by Gasteiger charge is 2.15. The number of hydrogen-bond acceptors (Lipinski definition) is 3. The molecular formula is C14H14FN3O2S. The third-order valence-electron chi connectivity index (χ3n) is 2.81. The molecule has 0 radical (unpaired) electrons. The van der Waals surface area contributed by atoms with Gasteiger partial charge in [-0.3, -0.25) is 10.1 Å². The summed E-state index contributed by atoms with van der Waals surface area (Å²) in [4.78, 5) is 0.108. The molecule has 110 valence electrons. The molecule has 0 spiro atoms. The summed E-state index contributed by atoms with van der Waals surface area (Å²) in [6.45, 7) is 1.78. The second-order valence-corrected chi connectivity index (χ2v) is 6.21. The van der Waals surface area contributed by atoms with Crippen LogP contribution in [0.5, 0.6) is 0 Å². The van der Waals surface area contributed by atoms with Crippen LogP contribution in [0, 0.1) is 18.2 Å². The maximum absolute atomic E-state index is 13.4. The number of halogens is 1. The topological polar surface area (TPSA) is 96.0 Å². The van der Waals surface area contributed by atoms with Gasteiger partial charge in [-0.2, -0.15) is 0 Å². The summed E-state index contributed by atoms with van der Waals surface area (Å²) in [7, 11) is -3.77. The summed E-state index contributed by atoms with van der Waals surface area (Å²) in [5, 5.41) is 7.26. The number of anilines is 1. The average molecular weight is 307 g/mol. The molecule has 7 heteroatoms. The number of nitrogen functional groups attached to an aromatic ring is 1. The Balaban J connectivity index is 2.37. The molecule has 5 nitrogen and oxygen atoms in total. The maximum atomic E-state index is 13.4. The Labute approximate surface area is 122 Å². The van der Waals surface area contributed by atoms with Gasteiger partial charge >= 0.3 is 0 Å². The molecular weight excluding hydrogens is 293 g/mol. The number of rotatable bonds is 4. The molecule has 21 heavy (non-hydrogen) atoms. The van der Waals surface area contributed by atoms with Crippen LogP contribution in [-0.4, -0.2) is 14.3 Å². The van der Waals surface area contributed by atoms with Gasteiger partial charge in [0.15, 0.2) is 0 Å². The molecule has 2 aromatic carbocycles. The fourth-order valence-electron chi connectivity index (χ4n) is 1.79. The third kappa shape index (κ3) is 3.38. The molecule has 4 N–H and O–H groups in total. The molecule has 0 bridgehead atoms. The molecule has 0 amide bonds. The Morgan fingerprint density at radius 1 is 1.24 bits per heavy atom. The fourth-order valence-corrected chi connectivity index (χ4v) is 2.95. The summed E-state index contributed by atoms with van der Waals surface area (Å²) in [5.41, 5.74) is 6.04. The molecule has 0 aliphatic carbocycles. The summed E-state index contributed by atoms with van der Waals surface area (Å²) in [5.74, 6) is -1.15. The van der Waals surface area contributed by atoms with Crippen molar-refractivity contribution in [3.05, 3.63) is 59.4 Å². The predicted molar refractivity (Wildman–Crippen MR) is 79.4 cm³/mol. The molecule has 0 unspecified atom stereocenters. The lowest BCUT2D eigenvalue weighted by Gasteiger charge is -2.10.